The lowest BCUT2D eigenvalue weighted by Gasteiger charge is -2.55. The van der Waals surface area contributed by atoms with Gasteiger partial charge in [-0.3, -0.25) is 9.69 Å². The van der Waals surface area contributed by atoms with Crippen LogP contribution in [0.15, 0.2) is 0 Å². The molecule has 2 rings (SSSR count). The highest BCUT2D eigenvalue weighted by Gasteiger charge is 2.54. The van der Waals surface area contributed by atoms with Crippen molar-refractivity contribution in [3.8, 4) is 0 Å². The number of amides is 2. The minimum absolute atomic E-state index is 0.0515. The van der Waals surface area contributed by atoms with Crippen LogP contribution in [0.3, 0.4) is 0 Å². The molecule has 5 nitrogen and oxygen atoms in total. The number of carbonyl (C=O) groups is 2. The Labute approximate surface area is 114 Å². The molecule has 5 heteroatoms. The lowest BCUT2D eigenvalue weighted by Crippen LogP contribution is -2.65. The first-order valence-corrected chi connectivity index (χ1v) is 7.03. The third kappa shape index (κ3) is 2.55. The van der Waals surface area contributed by atoms with Gasteiger partial charge in [-0.15, -0.1) is 0 Å². The molecule has 108 valence electrons. The summed E-state index contributed by atoms with van der Waals surface area (Å²) in [5.74, 6) is 0.0765. The standard InChI is InChI=1S/C14H24N2O3/c1-10(2)8-11(17)19-12-14(6-5-7-14)9-15(3)13(18)16(12)4/h10,12H,5-9H2,1-4H3. The highest BCUT2D eigenvalue weighted by molar-refractivity contribution is 5.76. The zero-order valence-electron chi connectivity index (χ0n) is 12.3. The van der Waals surface area contributed by atoms with Gasteiger partial charge in [0.05, 0.1) is 0 Å². The number of urea groups is 1. The molecule has 1 aliphatic carbocycles. The zero-order chi connectivity index (χ0) is 14.2. The number of ether oxygens (including phenoxy) is 1. The van der Waals surface area contributed by atoms with Crippen molar-refractivity contribution in [3.05, 3.63) is 0 Å². The Morgan fingerprint density at radius 1 is 1.42 bits per heavy atom. The van der Waals surface area contributed by atoms with Crippen LogP contribution >= 0.6 is 0 Å². The zero-order valence-corrected chi connectivity index (χ0v) is 12.3. The molecule has 19 heavy (non-hydrogen) atoms. The van der Waals surface area contributed by atoms with Crippen LogP contribution in [0.4, 0.5) is 4.79 Å². The molecular weight excluding hydrogens is 244 g/mol. The van der Waals surface area contributed by atoms with Crippen molar-refractivity contribution in [2.24, 2.45) is 11.3 Å². The summed E-state index contributed by atoms with van der Waals surface area (Å²) in [5.41, 5.74) is -0.0515. The fourth-order valence-corrected chi connectivity index (χ4v) is 3.14. The van der Waals surface area contributed by atoms with Crippen molar-refractivity contribution < 1.29 is 14.3 Å². The molecule has 0 aromatic carbocycles. The fraction of sp³-hybridized carbons (Fsp3) is 0.857. The number of nitrogens with zero attached hydrogens (tertiary/aromatic N) is 2. The summed E-state index contributed by atoms with van der Waals surface area (Å²) in [6.45, 7) is 4.67. The van der Waals surface area contributed by atoms with Crippen molar-refractivity contribution in [3.63, 3.8) is 0 Å². The SMILES string of the molecule is CC(C)CC(=O)OC1N(C)C(=O)N(C)CC12CCC2. The monoisotopic (exact) mass is 268 g/mol. The van der Waals surface area contributed by atoms with E-state index >= 15 is 0 Å². The molecule has 2 amide bonds. The highest BCUT2D eigenvalue weighted by atomic mass is 16.6. The van der Waals surface area contributed by atoms with Gasteiger partial charge >= 0.3 is 12.0 Å². The minimum atomic E-state index is -0.392. The molecule has 1 saturated heterocycles. The number of carbonyl (C=O) groups excluding carboxylic acids is 2. The number of hydrogen-bond donors (Lipinski definition) is 0. The fourth-order valence-electron chi connectivity index (χ4n) is 3.14. The average molecular weight is 268 g/mol. The first-order valence-electron chi connectivity index (χ1n) is 7.03. The normalized spacial score (nSPS) is 25.7. The van der Waals surface area contributed by atoms with E-state index in [9.17, 15) is 9.59 Å². The van der Waals surface area contributed by atoms with E-state index in [0.29, 0.717) is 13.0 Å². The Hall–Kier alpha value is -1.26. The van der Waals surface area contributed by atoms with Gasteiger partial charge in [0.2, 0.25) is 0 Å². The van der Waals surface area contributed by atoms with Gasteiger partial charge in [0, 0.05) is 32.5 Å². The summed E-state index contributed by atoms with van der Waals surface area (Å²) in [5, 5.41) is 0. The predicted molar refractivity (Wildman–Crippen MR) is 71.4 cm³/mol. The third-order valence-electron chi connectivity index (χ3n) is 4.22. The molecule has 2 aliphatic rings. The second-order valence-corrected chi connectivity index (χ2v) is 6.41. The van der Waals surface area contributed by atoms with Gasteiger partial charge in [-0.2, -0.15) is 0 Å². The number of rotatable bonds is 3. The summed E-state index contributed by atoms with van der Waals surface area (Å²) in [4.78, 5) is 27.2. The van der Waals surface area contributed by atoms with Gasteiger partial charge in [-0.1, -0.05) is 20.3 Å². The summed E-state index contributed by atoms with van der Waals surface area (Å²) < 4.78 is 5.63. The largest absolute Gasteiger partial charge is 0.441 e. The van der Waals surface area contributed by atoms with Crippen LogP contribution in [0, 0.1) is 11.3 Å². The minimum Gasteiger partial charge on any atom is -0.441 e. The van der Waals surface area contributed by atoms with Gasteiger partial charge < -0.3 is 9.64 Å². The molecule has 1 saturated carbocycles. The van der Waals surface area contributed by atoms with Crippen LogP contribution < -0.4 is 0 Å². The van der Waals surface area contributed by atoms with Crippen LogP contribution in [-0.4, -0.2) is 48.7 Å². The van der Waals surface area contributed by atoms with E-state index in [0.717, 1.165) is 19.3 Å². The second-order valence-electron chi connectivity index (χ2n) is 6.41. The summed E-state index contributed by atoms with van der Waals surface area (Å²) in [6.07, 6.45) is 3.21. The Morgan fingerprint density at radius 2 is 2.05 bits per heavy atom. The van der Waals surface area contributed by atoms with Crippen LogP contribution in [0.5, 0.6) is 0 Å². The van der Waals surface area contributed by atoms with E-state index in [4.69, 9.17) is 4.74 Å². The summed E-state index contributed by atoms with van der Waals surface area (Å²) >= 11 is 0. The molecule has 1 atom stereocenters. The summed E-state index contributed by atoms with van der Waals surface area (Å²) in [6, 6.07) is -0.0696. The van der Waals surface area contributed by atoms with Crippen LogP contribution in [0.2, 0.25) is 0 Å². The Balaban J connectivity index is 2.10. The summed E-state index contributed by atoms with van der Waals surface area (Å²) in [7, 11) is 3.54. The second kappa shape index (κ2) is 5.02. The van der Waals surface area contributed by atoms with Gasteiger partial charge in [0.25, 0.3) is 0 Å². The van der Waals surface area contributed by atoms with E-state index in [-0.39, 0.29) is 23.3 Å². The average Bonchev–Trinajstić information content (AvgIpc) is 2.26. The van der Waals surface area contributed by atoms with Crippen molar-refractivity contribution in [1.82, 2.24) is 9.80 Å². The smallest absolute Gasteiger partial charge is 0.322 e. The molecule has 0 radical (unpaired) electrons. The number of esters is 1. The van der Waals surface area contributed by atoms with Gasteiger partial charge in [0.15, 0.2) is 6.23 Å². The molecule has 1 unspecified atom stereocenters. The Bertz CT molecular complexity index is 377. The van der Waals surface area contributed by atoms with E-state index in [1.54, 1.807) is 16.8 Å². The molecule has 1 spiro atoms. The predicted octanol–water partition coefficient (Wildman–Crippen LogP) is 2.07. The molecule has 1 heterocycles. The molecule has 2 fully saturated rings. The maximum atomic E-state index is 12.0. The van der Waals surface area contributed by atoms with Crippen molar-refractivity contribution >= 4 is 12.0 Å². The number of hydrogen-bond acceptors (Lipinski definition) is 3. The van der Waals surface area contributed by atoms with Crippen molar-refractivity contribution in [2.45, 2.75) is 45.8 Å². The topological polar surface area (TPSA) is 49.9 Å². The van der Waals surface area contributed by atoms with E-state index in [1.807, 2.05) is 20.9 Å². The van der Waals surface area contributed by atoms with E-state index < -0.39 is 6.23 Å². The molecule has 0 aromatic heterocycles. The molecular formula is C14H24N2O3. The van der Waals surface area contributed by atoms with Crippen molar-refractivity contribution in [2.75, 3.05) is 20.6 Å². The van der Waals surface area contributed by atoms with E-state index in [2.05, 4.69) is 0 Å². The molecule has 1 aliphatic heterocycles. The van der Waals surface area contributed by atoms with Crippen LogP contribution in [0.1, 0.15) is 39.5 Å². The Morgan fingerprint density at radius 3 is 2.53 bits per heavy atom. The van der Waals surface area contributed by atoms with Crippen molar-refractivity contribution in [1.29, 1.82) is 0 Å². The molecule has 0 aromatic rings. The third-order valence-corrected chi connectivity index (χ3v) is 4.22. The lowest BCUT2D eigenvalue weighted by molar-refractivity contribution is -0.188. The first kappa shape index (κ1) is 14.2. The van der Waals surface area contributed by atoms with Crippen LogP contribution in [-0.2, 0) is 9.53 Å². The molecule has 0 N–H and O–H groups in total. The lowest BCUT2D eigenvalue weighted by atomic mass is 9.66. The van der Waals surface area contributed by atoms with Gasteiger partial charge in [-0.25, -0.2) is 4.79 Å². The maximum absolute atomic E-state index is 12.0. The van der Waals surface area contributed by atoms with Gasteiger partial charge in [0.1, 0.15) is 0 Å². The maximum Gasteiger partial charge on any atom is 0.322 e. The quantitative estimate of drug-likeness (QED) is 0.736. The first-order chi connectivity index (χ1) is 8.85. The Kier molecular flexibility index (Phi) is 3.74. The van der Waals surface area contributed by atoms with Crippen LogP contribution in [0.25, 0.3) is 0 Å². The van der Waals surface area contributed by atoms with E-state index in [1.165, 1.54) is 0 Å². The molecule has 0 bridgehead atoms. The highest BCUT2D eigenvalue weighted by Crippen LogP contribution is 2.48. The van der Waals surface area contributed by atoms with Gasteiger partial charge in [-0.05, 0) is 18.8 Å².